The number of fused-ring (bicyclic) bond motifs is 1. The molecule has 4 nitrogen and oxygen atoms in total. The highest BCUT2D eigenvalue weighted by atomic mass is 16.6. The average molecular weight is 190 g/mol. The maximum Gasteiger partial charge on any atom is 0.130 e. The second-order valence-electron chi connectivity index (χ2n) is 3.35. The molecule has 0 bridgehead atoms. The number of hydrogen-bond donors (Lipinski definition) is 1. The van der Waals surface area contributed by atoms with Crippen molar-refractivity contribution in [3.05, 3.63) is 24.4 Å². The van der Waals surface area contributed by atoms with Crippen LogP contribution in [0.1, 0.15) is 0 Å². The summed E-state index contributed by atoms with van der Waals surface area (Å²) in [5, 5.41) is 7.89. The summed E-state index contributed by atoms with van der Waals surface area (Å²) in [6.45, 7) is 1.45. The first kappa shape index (κ1) is 7.82. The van der Waals surface area contributed by atoms with Gasteiger partial charge in [-0.25, -0.2) is 0 Å². The molecule has 14 heavy (non-hydrogen) atoms. The van der Waals surface area contributed by atoms with Crippen molar-refractivity contribution >= 4 is 10.9 Å². The molecule has 3 rings (SSSR count). The Morgan fingerprint density at radius 3 is 3.36 bits per heavy atom. The van der Waals surface area contributed by atoms with E-state index in [1.807, 2.05) is 18.2 Å². The molecule has 4 heteroatoms. The van der Waals surface area contributed by atoms with Crippen LogP contribution >= 0.6 is 0 Å². The van der Waals surface area contributed by atoms with E-state index in [4.69, 9.17) is 9.47 Å². The van der Waals surface area contributed by atoms with Crippen LogP contribution in [0.5, 0.6) is 5.75 Å². The Kier molecular flexibility index (Phi) is 1.67. The summed E-state index contributed by atoms with van der Waals surface area (Å²) >= 11 is 0. The molecule has 1 aliphatic rings. The van der Waals surface area contributed by atoms with E-state index in [9.17, 15) is 0 Å². The molecule has 0 radical (unpaired) electrons. The van der Waals surface area contributed by atoms with E-state index in [0.29, 0.717) is 6.61 Å². The maximum absolute atomic E-state index is 5.62. The summed E-state index contributed by atoms with van der Waals surface area (Å²) in [5.74, 6) is 0.867. The predicted molar refractivity (Wildman–Crippen MR) is 51.3 cm³/mol. The van der Waals surface area contributed by atoms with E-state index in [0.717, 1.165) is 23.3 Å². The van der Waals surface area contributed by atoms with Crippen LogP contribution in [-0.4, -0.2) is 29.5 Å². The lowest BCUT2D eigenvalue weighted by molar-refractivity contribution is 0.265. The molecule has 0 spiro atoms. The lowest BCUT2D eigenvalue weighted by Crippen LogP contribution is -2.03. The van der Waals surface area contributed by atoms with Crippen LogP contribution in [0.4, 0.5) is 0 Å². The minimum Gasteiger partial charge on any atom is -0.490 e. The van der Waals surface area contributed by atoms with Crippen molar-refractivity contribution in [1.29, 1.82) is 0 Å². The lowest BCUT2D eigenvalue weighted by atomic mass is 10.2. The van der Waals surface area contributed by atoms with Gasteiger partial charge in [0.1, 0.15) is 18.5 Å². The monoisotopic (exact) mass is 190 g/mol. The van der Waals surface area contributed by atoms with Crippen LogP contribution in [0.15, 0.2) is 24.4 Å². The van der Waals surface area contributed by atoms with Crippen LogP contribution in [0.25, 0.3) is 10.9 Å². The number of nitrogens with zero attached hydrogens (tertiary/aromatic N) is 1. The van der Waals surface area contributed by atoms with Gasteiger partial charge < -0.3 is 9.47 Å². The van der Waals surface area contributed by atoms with Crippen LogP contribution in [-0.2, 0) is 4.74 Å². The van der Waals surface area contributed by atoms with Gasteiger partial charge in [-0.15, -0.1) is 0 Å². The summed E-state index contributed by atoms with van der Waals surface area (Å²) in [6.07, 6.45) is 2.07. The van der Waals surface area contributed by atoms with Crippen molar-refractivity contribution < 1.29 is 9.47 Å². The minimum absolute atomic E-state index is 0.289. The van der Waals surface area contributed by atoms with Crippen molar-refractivity contribution in [2.45, 2.75) is 6.10 Å². The predicted octanol–water partition coefficient (Wildman–Crippen LogP) is 1.34. The quantitative estimate of drug-likeness (QED) is 0.743. The number of H-pyrrole nitrogens is 1. The Morgan fingerprint density at radius 2 is 2.50 bits per heavy atom. The number of rotatable bonds is 3. The average Bonchev–Trinajstić information content (AvgIpc) is 2.91. The largest absolute Gasteiger partial charge is 0.490 e. The van der Waals surface area contributed by atoms with E-state index in [-0.39, 0.29) is 6.10 Å². The van der Waals surface area contributed by atoms with Crippen molar-refractivity contribution in [3.8, 4) is 5.75 Å². The highest BCUT2D eigenvalue weighted by Crippen LogP contribution is 2.24. The maximum atomic E-state index is 5.62. The van der Waals surface area contributed by atoms with Gasteiger partial charge in [-0.1, -0.05) is 6.07 Å². The topological polar surface area (TPSA) is 50.4 Å². The molecule has 2 aromatic rings. The highest BCUT2D eigenvalue weighted by molar-refractivity contribution is 5.84. The van der Waals surface area contributed by atoms with Gasteiger partial charge in [0, 0.05) is 0 Å². The van der Waals surface area contributed by atoms with Gasteiger partial charge in [-0.2, -0.15) is 5.10 Å². The third-order valence-corrected chi connectivity index (χ3v) is 2.27. The molecule has 0 aliphatic carbocycles. The molecule has 0 amide bonds. The van der Waals surface area contributed by atoms with Gasteiger partial charge in [-0.05, 0) is 12.1 Å². The molecular weight excluding hydrogens is 180 g/mol. The van der Waals surface area contributed by atoms with Crippen LogP contribution in [0, 0.1) is 0 Å². The van der Waals surface area contributed by atoms with Crippen molar-refractivity contribution in [2.75, 3.05) is 13.2 Å². The molecule has 1 fully saturated rings. The van der Waals surface area contributed by atoms with Gasteiger partial charge >= 0.3 is 0 Å². The zero-order valence-corrected chi connectivity index (χ0v) is 7.56. The van der Waals surface area contributed by atoms with E-state index >= 15 is 0 Å². The SMILES string of the molecule is c1cc(OC[C@@H]2CO2)c2cn[nH]c2c1. The van der Waals surface area contributed by atoms with Gasteiger partial charge in [0.2, 0.25) is 0 Å². The van der Waals surface area contributed by atoms with E-state index < -0.39 is 0 Å². The highest BCUT2D eigenvalue weighted by Gasteiger charge is 2.23. The first-order valence-corrected chi connectivity index (χ1v) is 4.60. The number of aromatic amines is 1. The summed E-state index contributed by atoms with van der Waals surface area (Å²) in [4.78, 5) is 0. The van der Waals surface area contributed by atoms with Crippen LogP contribution in [0.3, 0.4) is 0 Å². The minimum atomic E-state index is 0.289. The van der Waals surface area contributed by atoms with Gasteiger partial charge in [0.15, 0.2) is 0 Å². The zero-order valence-electron chi connectivity index (χ0n) is 7.56. The molecule has 1 aromatic carbocycles. The Morgan fingerprint density at radius 1 is 1.57 bits per heavy atom. The Balaban J connectivity index is 1.89. The van der Waals surface area contributed by atoms with Crippen LogP contribution in [0.2, 0.25) is 0 Å². The van der Waals surface area contributed by atoms with E-state index in [2.05, 4.69) is 10.2 Å². The molecule has 1 aromatic heterocycles. The third kappa shape index (κ3) is 1.33. The fourth-order valence-electron chi connectivity index (χ4n) is 1.41. The fraction of sp³-hybridized carbons (Fsp3) is 0.300. The third-order valence-electron chi connectivity index (χ3n) is 2.27. The smallest absolute Gasteiger partial charge is 0.130 e. The molecule has 1 atom stereocenters. The second-order valence-corrected chi connectivity index (χ2v) is 3.35. The summed E-state index contributed by atoms with van der Waals surface area (Å²) in [6, 6.07) is 5.87. The molecule has 0 unspecified atom stereocenters. The van der Waals surface area contributed by atoms with Gasteiger partial charge in [0.25, 0.3) is 0 Å². The Bertz CT molecular complexity index is 448. The second kappa shape index (κ2) is 2.99. The standard InChI is InChI=1S/C10H10N2O2/c1-2-9-8(4-11-12-9)10(3-1)14-6-7-5-13-7/h1-4,7H,5-6H2,(H,11,12)/t7-/m0/s1. The Hall–Kier alpha value is -1.55. The number of benzene rings is 1. The van der Waals surface area contributed by atoms with Crippen molar-refractivity contribution in [3.63, 3.8) is 0 Å². The van der Waals surface area contributed by atoms with E-state index in [1.54, 1.807) is 6.20 Å². The zero-order chi connectivity index (χ0) is 9.38. The van der Waals surface area contributed by atoms with Gasteiger partial charge in [0.05, 0.1) is 23.7 Å². The molecule has 1 N–H and O–H groups in total. The summed E-state index contributed by atoms with van der Waals surface area (Å²) in [5.41, 5.74) is 0.999. The fourth-order valence-corrected chi connectivity index (χ4v) is 1.41. The number of ether oxygens (including phenoxy) is 2. The molecular formula is C10H10N2O2. The van der Waals surface area contributed by atoms with Crippen molar-refractivity contribution in [2.24, 2.45) is 0 Å². The van der Waals surface area contributed by atoms with Crippen LogP contribution < -0.4 is 4.74 Å². The lowest BCUT2D eigenvalue weighted by Gasteiger charge is -2.04. The molecule has 0 saturated carbocycles. The number of hydrogen-bond acceptors (Lipinski definition) is 3. The normalized spacial score (nSPS) is 19.9. The number of aromatic nitrogens is 2. The van der Waals surface area contributed by atoms with Gasteiger partial charge in [-0.3, -0.25) is 5.10 Å². The summed E-state index contributed by atoms with van der Waals surface area (Å²) < 4.78 is 10.7. The first-order chi connectivity index (χ1) is 6.93. The number of epoxide rings is 1. The van der Waals surface area contributed by atoms with Crippen molar-refractivity contribution in [1.82, 2.24) is 10.2 Å². The molecule has 1 aliphatic heterocycles. The summed E-state index contributed by atoms with van der Waals surface area (Å²) in [7, 11) is 0. The Labute approximate surface area is 80.8 Å². The molecule has 1 saturated heterocycles. The molecule has 2 heterocycles. The van der Waals surface area contributed by atoms with E-state index in [1.165, 1.54) is 0 Å². The number of nitrogens with one attached hydrogen (secondary N) is 1. The molecule has 72 valence electrons. The first-order valence-electron chi connectivity index (χ1n) is 4.60.